The van der Waals surface area contributed by atoms with Crippen LogP contribution in [0.3, 0.4) is 0 Å². The third kappa shape index (κ3) is 4.67. The number of rotatable bonds is 4. The van der Waals surface area contributed by atoms with Crippen molar-refractivity contribution in [3.63, 3.8) is 0 Å². The average molecular weight is 361 g/mol. The zero-order chi connectivity index (χ0) is 18.1. The summed E-state index contributed by atoms with van der Waals surface area (Å²) in [6.45, 7) is 6.94. The molecule has 1 fully saturated rings. The van der Waals surface area contributed by atoms with Crippen LogP contribution in [0, 0.1) is 0 Å². The summed E-state index contributed by atoms with van der Waals surface area (Å²) < 4.78 is 25.3. The van der Waals surface area contributed by atoms with Gasteiger partial charge in [0.05, 0.1) is 24.3 Å². The number of aromatic nitrogens is 2. The molecule has 0 aliphatic carbocycles. The van der Waals surface area contributed by atoms with E-state index in [4.69, 9.17) is 4.98 Å². The number of benzene rings is 1. The Labute approximate surface area is 148 Å². The van der Waals surface area contributed by atoms with Crippen LogP contribution in [0.4, 0.5) is 11.5 Å². The van der Waals surface area contributed by atoms with Gasteiger partial charge in [-0.25, -0.2) is 13.4 Å². The first-order valence-corrected chi connectivity index (χ1v) is 10.0. The van der Waals surface area contributed by atoms with Gasteiger partial charge in [0, 0.05) is 36.4 Å². The maximum Gasteiger partial charge on any atom is 0.229 e. The van der Waals surface area contributed by atoms with Crippen molar-refractivity contribution in [2.45, 2.75) is 19.4 Å². The molecule has 2 aromatic rings. The van der Waals surface area contributed by atoms with E-state index in [0.717, 1.165) is 37.3 Å². The van der Waals surface area contributed by atoms with Gasteiger partial charge in [-0.15, -0.1) is 0 Å². The van der Waals surface area contributed by atoms with E-state index in [9.17, 15) is 8.42 Å². The molecule has 134 valence electrons. The summed E-state index contributed by atoms with van der Waals surface area (Å²) >= 11 is 0. The van der Waals surface area contributed by atoms with E-state index >= 15 is 0 Å². The van der Waals surface area contributed by atoms with E-state index in [0.29, 0.717) is 11.4 Å². The maximum atomic E-state index is 11.4. The lowest BCUT2D eigenvalue weighted by atomic mass is 10.0. The highest BCUT2D eigenvalue weighted by Crippen LogP contribution is 2.24. The van der Waals surface area contributed by atoms with Gasteiger partial charge in [0.25, 0.3) is 0 Å². The molecule has 1 aromatic heterocycles. The lowest BCUT2D eigenvalue weighted by Crippen LogP contribution is -2.57. The molecule has 3 rings (SSSR count). The smallest absolute Gasteiger partial charge is 0.229 e. The van der Waals surface area contributed by atoms with Crippen LogP contribution in [-0.2, 0) is 10.0 Å². The minimum atomic E-state index is -3.32. The van der Waals surface area contributed by atoms with Crippen molar-refractivity contribution in [1.29, 1.82) is 0 Å². The fourth-order valence-corrected chi connectivity index (χ4v) is 3.50. The predicted molar refractivity (Wildman–Crippen MR) is 100 cm³/mol. The zero-order valence-electron chi connectivity index (χ0n) is 14.7. The molecule has 8 heteroatoms. The van der Waals surface area contributed by atoms with Crippen molar-refractivity contribution in [2.75, 3.05) is 35.5 Å². The molecule has 2 heterocycles. The molecule has 1 aliphatic heterocycles. The minimum Gasteiger partial charge on any atom is -0.352 e. The van der Waals surface area contributed by atoms with E-state index in [1.54, 1.807) is 30.6 Å². The van der Waals surface area contributed by atoms with Gasteiger partial charge in [0.1, 0.15) is 5.82 Å². The van der Waals surface area contributed by atoms with E-state index in [2.05, 4.69) is 33.8 Å². The fourth-order valence-electron chi connectivity index (χ4n) is 2.94. The Morgan fingerprint density at radius 2 is 2.08 bits per heavy atom. The van der Waals surface area contributed by atoms with Crippen molar-refractivity contribution >= 4 is 21.5 Å². The molecule has 2 N–H and O–H groups in total. The van der Waals surface area contributed by atoms with Crippen LogP contribution in [0.15, 0.2) is 36.7 Å². The van der Waals surface area contributed by atoms with Crippen LogP contribution >= 0.6 is 0 Å². The lowest BCUT2D eigenvalue weighted by molar-refractivity contribution is 0.351. The van der Waals surface area contributed by atoms with Crippen LogP contribution in [0.25, 0.3) is 11.3 Å². The first-order valence-electron chi connectivity index (χ1n) is 8.12. The van der Waals surface area contributed by atoms with Gasteiger partial charge in [-0.1, -0.05) is 12.1 Å². The standard InChI is InChI=1S/C17H23N5O2S/c1-17(2)12-22(8-7-19-17)16-11-18-10-15(20-16)13-5-4-6-14(9-13)21-25(3,23)24/h4-6,9-11,19,21H,7-8,12H2,1-3H3. The Kier molecular flexibility index (Phi) is 4.66. The Morgan fingerprint density at radius 1 is 1.28 bits per heavy atom. The molecule has 1 aromatic carbocycles. The van der Waals surface area contributed by atoms with Gasteiger partial charge in [-0.3, -0.25) is 9.71 Å². The molecule has 0 spiro atoms. The number of anilines is 2. The van der Waals surface area contributed by atoms with E-state index in [1.165, 1.54) is 0 Å². The highest BCUT2D eigenvalue weighted by Gasteiger charge is 2.26. The highest BCUT2D eigenvalue weighted by molar-refractivity contribution is 7.92. The summed E-state index contributed by atoms with van der Waals surface area (Å²) in [6.07, 6.45) is 4.59. The normalized spacial score (nSPS) is 17.3. The highest BCUT2D eigenvalue weighted by atomic mass is 32.2. The second-order valence-corrected chi connectivity index (χ2v) is 8.70. The summed E-state index contributed by atoms with van der Waals surface area (Å²) in [5.41, 5.74) is 2.06. The minimum absolute atomic E-state index is 0.0231. The number of nitrogens with one attached hydrogen (secondary N) is 2. The molecule has 25 heavy (non-hydrogen) atoms. The SMILES string of the molecule is CC1(C)CN(c2cncc(-c3cccc(NS(C)(=O)=O)c3)n2)CCN1. The largest absolute Gasteiger partial charge is 0.352 e. The molecule has 0 unspecified atom stereocenters. The van der Waals surface area contributed by atoms with Crippen molar-refractivity contribution in [1.82, 2.24) is 15.3 Å². The van der Waals surface area contributed by atoms with Gasteiger partial charge < -0.3 is 10.2 Å². The monoisotopic (exact) mass is 361 g/mol. The topological polar surface area (TPSA) is 87.2 Å². The summed E-state index contributed by atoms with van der Waals surface area (Å²) in [7, 11) is -3.32. The first kappa shape index (κ1) is 17.6. The summed E-state index contributed by atoms with van der Waals surface area (Å²) in [4.78, 5) is 11.3. The molecule has 1 saturated heterocycles. The van der Waals surface area contributed by atoms with Crippen molar-refractivity contribution < 1.29 is 8.42 Å². The van der Waals surface area contributed by atoms with E-state index < -0.39 is 10.0 Å². The van der Waals surface area contributed by atoms with Crippen LogP contribution < -0.4 is 14.9 Å². The third-order valence-electron chi connectivity index (χ3n) is 3.98. The molecule has 7 nitrogen and oxygen atoms in total. The maximum absolute atomic E-state index is 11.4. The number of hydrogen-bond acceptors (Lipinski definition) is 6. The predicted octanol–water partition coefficient (Wildman–Crippen LogP) is 1.70. The van der Waals surface area contributed by atoms with Gasteiger partial charge in [-0.2, -0.15) is 0 Å². The number of piperazine rings is 1. The average Bonchev–Trinajstić information content (AvgIpc) is 2.53. The van der Waals surface area contributed by atoms with Gasteiger partial charge in [0.15, 0.2) is 0 Å². The molecule has 0 saturated carbocycles. The molecule has 0 radical (unpaired) electrons. The molecule has 0 atom stereocenters. The van der Waals surface area contributed by atoms with Crippen molar-refractivity contribution in [3.05, 3.63) is 36.7 Å². The van der Waals surface area contributed by atoms with Crippen LogP contribution in [-0.4, -0.2) is 49.8 Å². The molecule has 0 amide bonds. The number of sulfonamides is 1. The molecular weight excluding hydrogens is 338 g/mol. The van der Waals surface area contributed by atoms with Crippen LogP contribution in [0.5, 0.6) is 0 Å². The Bertz CT molecular complexity index is 867. The lowest BCUT2D eigenvalue weighted by Gasteiger charge is -2.39. The van der Waals surface area contributed by atoms with Crippen molar-refractivity contribution in [3.8, 4) is 11.3 Å². The quantitative estimate of drug-likeness (QED) is 0.862. The fraction of sp³-hybridized carbons (Fsp3) is 0.412. The van der Waals surface area contributed by atoms with Gasteiger partial charge in [-0.05, 0) is 26.0 Å². The third-order valence-corrected chi connectivity index (χ3v) is 4.59. The zero-order valence-corrected chi connectivity index (χ0v) is 15.5. The number of hydrogen-bond donors (Lipinski definition) is 2. The Balaban J connectivity index is 1.88. The Morgan fingerprint density at radius 3 is 2.80 bits per heavy atom. The summed E-state index contributed by atoms with van der Waals surface area (Å²) in [6, 6.07) is 7.16. The molecular formula is C17H23N5O2S. The summed E-state index contributed by atoms with van der Waals surface area (Å²) in [5.74, 6) is 0.827. The van der Waals surface area contributed by atoms with Crippen molar-refractivity contribution in [2.24, 2.45) is 0 Å². The van der Waals surface area contributed by atoms with Crippen LogP contribution in [0.2, 0.25) is 0 Å². The molecule has 1 aliphatic rings. The van der Waals surface area contributed by atoms with Gasteiger partial charge in [0.2, 0.25) is 10.0 Å². The van der Waals surface area contributed by atoms with Gasteiger partial charge >= 0.3 is 0 Å². The Hall–Kier alpha value is -2.19. The summed E-state index contributed by atoms with van der Waals surface area (Å²) in [5, 5.41) is 3.48. The number of nitrogens with zero attached hydrogens (tertiary/aromatic N) is 3. The van der Waals surface area contributed by atoms with Crippen LogP contribution in [0.1, 0.15) is 13.8 Å². The first-order chi connectivity index (χ1) is 11.7. The second kappa shape index (κ2) is 6.61. The molecule has 0 bridgehead atoms. The van der Waals surface area contributed by atoms with E-state index in [1.807, 2.05) is 6.07 Å². The second-order valence-electron chi connectivity index (χ2n) is 6.95. The van der Waals surface area contributed by atoms with E-state index in [-0.39, 0.29) is 5.54 Å².